The Morgan fingerprint density at radius 3 is 2.41 bits per heavy atom. The summed E-state index contributed by atoms with van der Waals surface area (Å²) in [4.78, 5) is 20.6. The zero-order valence-corrected chi connectivity index (χ0v) is 15.8. The average Bonchev–Trinajstić information content (AvgIpc) is 2.71. The largest absolute Gasteiger partial charge is 0.494 e. The summed E-state index contributed by atoms with van der Waals surface area (Å²) in [7, 11) is 0. The number of hydrogen-bond acceptors (Lipinski definition) is 7. The summed E-state index contributed by atoms with van der Waals surface area (Å²) < 4.78 is 16.1. The van der Waals surface area contributed by atoms with E-state index >= 15 is 0 Å². The van der Waals surface area contributed by atoms with Crippen LogP contribution >= 0.6 is 11.8 Å². The molecule has 0 fully saturated rings. The van der Waals surface area contributed by atoms with Crippen molar-refractivity contribution in [2.45, 2.75) is 11.9 Å². The standard InChI is InChI=1S/C20H20N2O4S/c1-2-24-15-7-9-16(10-8-15)25-11-12-26-20(23)14-27-19-13-21-17-5-3-4-6-18(17)22-19/h3-10,13H,2,11-12,14H2,1H3. The first kappa shape index (κ1) is 19.0. The number of benzene rings is 2. The van der Waals surface area contributed by atoms with Gasteiger partial charge in [-0.1, -0.05) is 23.9 Å². The number of fused-ring (bicyclic) bond motifs is 1. The molecule has 0 bridgehead atoms. The summed E-state index contributed by atoms with van der Waals surface area (Å²) in [5, 5.41) is 0.691. The predicted molar refractivity (Wildman–Crippen MR) is 104 cm³/mol. The average molecular weight is 384 g/mol. The van der Waals surface area contributed by atoms with Crippen LogP contribution in [-0.2, 0) is 9.53 Å². The Labute approximate surface area is 161 Å². The molecule has 7 heteroatoms. The summed E-state index contributed by atoms with van der Waals surface area (Å²) in [6.45, 7) is 3.04. The Bertz CT molecular complexity index is 887. The molecule has 0 unspecified atom stereocenters. The van der Waals surface area contributed by atoms with Crippen molar-refractivity contribution in [3.8, 4) is 11.5 Å². The van der Waals surface area contributed by atoms with E-state index in [0.29, 0.717) is 24.0 Å². The maximum Gasteiger partial charge on any atom is 0.316 e. The van der Waals surface area contributed by atoms with Crippen molar-refractivity contribution in [3.05, 3.63) is 54.7 Å². The third-order valence-electron chi connectivity index (χ3n) is 3.51. The Morgan fingerprint density at radius 1 is 0.963 bits per heavy atom. The zero-order valence-electron chi connectivity index (χ0n) is 15.0. The monoisotopic (exact) mass is 384 g/mol. The summed E-state index contributed by atoms with van der Waals surface area (Å²) in [6.07, 6.45) is 1.66. The molecular weight excluding hydrogens is 364 g/mol. The molecule has 0 N–H and O–H groups in total. The van der Waals surface area contributed by atoms with E-state index in [9.17, 15) is 4.79 Å². The SMILES string of the molecule is CCOc1ccc(OCCOC(=O)CSc2cnc3ccccc3n2)cc1. The van der Waals surface area contributed by atoms with Gasteiger partial charge < -0.3 is 14.2 Å². The topological polar surface area (TPSA) is 70.5 Å². The second-order valence-corrected chi connectivity index (χ2v) is 6.45. The number of nitrogens with zero attached hydrogens (tertiary/aromatic N) is 2. The van der Waals surface area contributed by atoms with Crippen molar-refractivity contribution < 1.29 is 19.0 Å². The van der Waals surface area contributed by atoms with Gasteiger partial charge in [0, 0.05) is 0 Å². The molecule has 6 nitrogen and oxygen atoms in total. The van der Waals surface area contributed by atoms with Gasteiger partial charge in [-0.2, -0.15) is 0 Å². The fourth-order valence-corrected chi connectivity index (χ4v) is 2.94. The third-order valence-corrected chi connectivity index (χ3v) is 4.39. The first-order valence-electron chi connectivity index (χ1n) is 8.60. The van der Waals surface area contributed by atoms with Crippen LogP contribution in [-0.4, -0.2) is 41.5 Å². The highest BCUT2D eigenvalue weighted by Crippen LogP contribution is 2.19. The van der Waals surface area contributed by atoms with E-state index in [1.165, 1.54) is 11.8 Å². The van der Waals surface area contributed by atoms with Gasteiger partial charge in [0.05, 0.1) is 29.6 Å². The highest BCUT2D eigenvalue weighted by molar-refractivity contribution is 7.99. The minimum Gasteiger partial charge on any atom is -0.494 e. The number of aromatic nitrogens is 2. The molecule has 0 aliphatic rings. The van der Waals surface area contributed by atoms with Crippen molar-refractivity contribution in [3.63, 3.8) is 0 Å². The number of carbonyl (C=O) groups is 1. The van der Waals surface area contributed by atoms with E-state index in [-0.39, 0.29) is 18.3 Å². The molecule has 0 radical (unpaired) electrons. The van der Waals surface area contributed by atoms with Gasteiger partial charge in [-0.05, 0) is 43.3 Å². The third kappa shape index (κ3) is 5.86. The van der Waals surface area contributed by atoms with Gasteiger partial charge >= 0.3 is 5.97 Å². The Morgan fingerprint density at radius 2 is 1.67 bits per heavy atom. The molecular formula is C20H20N2O4S. The van der Waals surface area contributed by atoms with Crippen LogP contribution in [0.15, 0.2) is 59.8 Å². The maximum absolute atomic E-state index is 11.8. The maximum atomic E-state index is 11.8. The molecule has 1 aromatic heterocycles. The smallest absolute Gasteiger partial charge is 0.316 e. The van der Waals surface area contributed by atoms with Crippen LogP contribution in [0.3, 0.4) is 0 Å². The summed E-state index contributed by atoms with van der Waals surface area (Å²) in [5.74, 6) is 1.36. The minimum atomic E-state index is -0.315. The van der Waals surface area contributed by atoms with Gasteiger partial charge in [-0.15, -0.1) is 0 Å². The van der Waals surface area contributed by atoms with Crippen molar-refractivity contribution in [2.75, 3.05) is 25.6 Å². The highest BCUT2D eigenvalue weighted by Gasteiger charge is 2.07. The molecule has 3 aromatic rings. The van der Waals surface area contributed by atoms with Crippen LogP contribution in [0.5, 0.6) is 11.5 Å². The fourth-order valence-electron chi connectivity index (χ4n) is 2.30. The van der Waals surface area contributed by atoms with Crippen LogP contribution in [0.1, 0.15) is 6.92 Å². The number of ether oxygens (including phenoxy) is 3. The Kier molecular flexibility index (Phi) is 6.87. The molecule has 1 heterocycles. The van der Waals surface area contributed by atoms with Crippen molar-refractivity contribution >= 4 is 28.8 Å². The molecule has 0 saturated carbocycles. The van der Waals surface area contributed by atoms with Gasteiger partial charge in [0.25, 0.3) is 0 Å². The Hall–Kier alpha value is -2.80. The molecule has 0 amide bonds. The predicted octanol–water partition coefficient (Wildman–Crippen LogP) is 3.74. The summed E-state index contributed by atoms with van der Waals surface area (Å²) in [5.41, 5.74) is 1.63. The van der Waals surface area contributed by atoms with Crippen molar-refractivity contribution in [1.29, 1.82) is 0 Å². The molecule has 0 aliphatic carbocycles. The van der Waals surface area contributed by atoms with E-state index in [1.54, 1.807) is 6.20 Å². The van der Waals surface area contributed by atoms with Gasteiger partial charge in [0.2, 0.25) is 0 Å². The minimum absolute atomic E-state index is 0.177. The Balaban J connectivity index is 1.36. The lowest BCUT2D eigenvalue weighted by Gasteiger charge is -2.08. The van der Waals surface area contributed by atoms with E-state index in [0.717, 1.165) is 16.8 Å². The molecule has 27 heavy (non-hydrogen) atoms. The van der Waals surface area contributed by atoms with Gasteiger partial charge in [0.1, 0.15) is 29.7 Å². The molecule has 0 aliphatic heterocycles. The number of hydrogen-bond donors (Lipinski definition) is 0. The van der Waals surface area contributed by atoms with Crippen molar-refractivity contribution in [2.24, 2.45) is 0 Å². The lowest BCUT2D eigenvalue weighted by Crippen LogP contribution is -2.13. The van der Waals surface area contributed by atoms with E-state index in [1.807, 2.05) is 55.5 Å². The number of carbonyl (C=O) groups excluding carboxylic acids is 1. The van der Waals surface area contributed by atoms with Gasteiger partial charge in [-0.3, -0.25) is 9.78 Å². The molecule has 0 spiro atoms. The lowest BCUT2D eigenvalue weighted by atomic mass is 10.3. The number of para-hydroxylation sites is 2. The second-order valence-electron chi connectivity index (χ2n) is 5.46. The zero-order chi connectivity index (χ0) is 18.9. The number of rotatable bonds is 9. The van der Waals surface area contributed by atoms with E-state index in [4.69, 9.17) is 14.2 Å². The number of thioether (sulfide) groups is 1. The molecule has 0 atom stereocenters. The summed E-state index contributed by atoms with van der Waals surface area (Å²) >= 11 is 1.30. The molecule has 0 saturated heterocycles. The van der Waals surface area contributed by atoms with Crippen molar-refractivity contribution in [1.82, 2.24) is 9.97 Å². The quantitative estimate of drug-likeness (QED) is 0.316. The van der Waals surface area contributed by atoms with Gasteiger partial charge in [0.15, 0.2) is 0 Å². The molecule has 2 aromatic carbocycles. The van der Waals surface area contributed by atoms with Crippen LogP contribution in [0.2, 0.25) is 0 Å². The summed E-state index contributed by atoms with van der Waals surface area (Å²) in [6, 6.07) is 14.9. The van der Waals surface area contributed by atoms with E-state index < -0.39 is 0 Å². The van der Waals surface area contributed by atoms with E-state index in [2.05, 4.69) is 9.97 Å². The van der Waals surface area contributed by atoms with Crippen LogP contribution in [0.4, 0.5) is 0 Å². The van der Waals surface area contributed by atoms with Crippen LogP contribution in [0.25, 0.3) is 11.0 Å². The molecule has 140 valence electrons. The molecule has 3 rings (SSSR count). The van der Waals surface area contributed by atoms with Crippen LogP contribution in [0, 0.1) is 0 Å². The lowest BCUT2D eigenvalue weighted by molar-refractivity contribution is -0.141. The highest BCUT2D eigenvalue weighted by atomic mass is 32.2. The normalized spacial score (nSPS) is 10.6. The van der Waals surface area contributed by atoms with Gasteiger partial charge in [-0.25, -0.2) is 4.98 Å². The fraction of sp³-hybridized carbons (Fsp3) is 0.250. The first-order chi connectivity index (χ1) is 13.2. The second kappa shape index (κ2) is 9.78. The van der Waals surface area contributed by atoms with Crippen LogP contribution < -0.4 is 9.47 Å². The number of esters is 1. The first-order valence-corrected chi connectivity index (χ1v) is 9.59.